The molecule has 142 valence electrons. The van der Waals surface area contributed by atoms with E-state index in [4.69, 9.17) is 21.4 Å². The first-order valence-corrected chi connectivity index (χ1v) is 8.93. The van der Waals surface area contributed by atoms with Crippen molar-refractivity contribution in [2.75, 3.05) is 6.61 Å². The van der Waals surface area contributed by atoms with Crippen LogP contribution in [0.25, 0.3) is 11.1 Å². The lowest BCUT2D eigenvalue weighted by atomic mass is 10.0. The highest BCUT2D eigenvalue weighted by atomic mass is 35.5. The number of ether oxygens (including phenoxy) is 1. The fourth-order valence-electron chi connectivity index (χ4n) is 2.53. The van der Waals surface area contributed by atoms with Gasteiger partial charge in [0, 0.05) is 10.6 Å². The second-order valence-electron chi connectivity index (χ2n) is 5.94. The van der Waals surface area contributed by atoms with Gasteiger partial charge in [0.1, 0.15) is 12.4 Å². The van der Waals surface area contributed by atoms with Crippen molar-refractivity contribution in [2.24, 2.45) is 5.16 Å². The largest absolute Gasteiger partial charge is 0.489 e. The maximum Gasteiger partial charge on any atom is 0.344 e. The molecule has 0 aliphatic heterocycles. The summed E-state index contributed by atoms with van der Waals surface area (Å²) in [5.41, 5.74) is 3.68. The fraction of sp³-hybridized carbons (Fsp3) is 0.0909. The lowest BCUT2D eigenvalue weighted by molar-refractivity contribution is -0.142. The van der Waals surface area contributed by atoms with Crippen molar-refractivity contribution >= 4 is 23.8 Å². The van der Waals surface area contributed by atoms with Crippen LogP contribution in [0.5, 0.6) is 5.75 Å². The molecule has 3 aromatic carbocycles. The fourth-order valence-corrected chi connectivity index (χ4v) is 2.72. The van der Waals surface area contributed by atoms with E-state index in [0.29, 0.717) is 11.6 Å². The van der Waals surface area contributed by atoms with Crippen LogP contribution >= 0.6 is 11.6 Å². The number of oxime groups is 1. The van der Waals surface area contributed by atoms with Crippen LogP contribution in [-0.2, 0) is 16.2 Å². The molecule has 0 heterocycles. The lowest BCUT2D eigenvalue weighted by Gasteiger charge is -2.10. The van der Waals surface area contributed by atoms with Crippen LogP contribution in [0.15, 0.2) is 78.0 Å². The van der Waals surface area contributed by atoms with Gasteiger partial charge in [0.15, 0.2) is 0 Å². The minimum Gasteiger partial charge on any atom is -0.489 e. The number of hydrogen-bond acceptors (Lipinski definition) is 4. The molecule has 0 atom stereocenters. The summed E-state index contributed by atoms with van der Waals surface area (Å²) in [6.45, 7) is -0.0856. The van der Waals surface area contributed by atoms with Crippen molar-refractivity contribution in [3.05, 3.63) is 88.9 Å². The van der Waals surface area contributed by atoms with E-state index in [1.165, 1.54) is 6.21 Å². The van der Waals surface area contributed by atoms with Crippen LogP contribution in [0.1, 0.15) is 11.1 Å². The molecule has 0 aliphatic carbocycles. The minimum atomic E-state index is -1.07. The number of carboxylic acids is 1. The Morgan fingerprint density at radius 2 is 1.75 bits per heavy atom. The molecule has 0 saturated heterocycles. The summed E-state index contributed by atoms with van der Waals surface area (Å²) in [5, 5.41) is 12.9. The summed E-state index contributed by atoms with van der Waals surface area (Å²) in [6, 6.07) is 23.0. The van der Waals surface area contributed by atoms with Crippen molar-refractivity contribution in [3.63, 3.8) is 0 Å². The van der Waals surface area contributed by atoms with Crippen LogP contribution in [-0.4, -0.2) is 23.9 Å². The molecular formula is C22H18ClNO4. The molecule has 0 aliphatic rings. The van der Waals surface area contributed by atoms with Gasteiger partial charge in [-0.05, 0) is 41.0 Å². The third-order valence-corrected chi connectivity index (χ3v) is 4.24. The monoisotopic (exact) mass is 395 g/mol. The topological polar surface area (TPSA) is 68.1 Å². The van der Waals surface area contributed by atoms with Crippen molar-refractivity contribution in [2.45, 2.75) is 6.61 Å². The molecule has 0 spiro atoms. The molecule has 0 amide bonds. The minimum absolute atomic E-state index is 0.386. The van der Waals surface area contributed by atoms with E-state index in [1.54, 1.807) is 0 Å². The number of rotatable bonds is 8. The number of carbonyl (C=O) groups is 1. The third kappa shape index (κ3) is 5.59. The Bertz CT molecular complexity index is 988. The Balaban J connectivity index is 1.70. The lowest BCUT2D eigenvalue weighted by Crippen LogP contribution is -2.03. The van der Waals surface area contributed by atoms with Gasteiger partial charge in [-0.3, -0.25) is 0 Å². The van der Waals surface area contributed by atoms with E-state index in [2.05, 4.69) is 9.99 Å². The van der Waals surface area contributed by atoms with E-state index < -0.39 is 12.6 Å². The number of nitrogens with zero attached hydrogens (tertiary/aromatic N) is 1. The Labute approximate surface area is 167 Å². The third-order valence-electron chi connectivity index (χ3n) is 3.87. The zero-order valence-electron chi connectivity index (χ0n) is 14.9. The van der Waals surface area contributed by atoms with Crippen molar-refractivity contribution in [3.8, 4) is 16.9 Å². The summed E-state index contributed by atoms with van der Waals surface area (Å²) in [4.78, 5) is 15.1. The molecule has 0 aromatic heterocycles. The highest BCUT2D eigenvalue weighted by Gasteiger charge is 2.04. The quantitative estimate of drug-likeness (QED) is 0.429. The molecular weight excluding hydrogens is 378 g/mol. The number of aliphatic carboxylic acids is 1. The average molecular weight is 396 g/mol. The average Bonchev–Trinajstić information content (AvgIpc) is 2.71. The van der Waals surface area contributed by atoms with Gasteiger partial charge in [0.2, 0.25) is 6.61 Å². The van der Waals surface area contributed by atoms with Gasteiger partial charge in [0.25, 0.3) is 0 Å². The van der Waals surface area contributed by atoms with Crippen molar-refractivity contribution in [1.82, 2.24) is 0 Å². The summed E-state index contributed by atoms with van der Waals surface area (Å²) in [5.74, 6) is -0.333. The van der Waals surface area contributed by atoms with E-state index in [0.717, 1.165) is 28.0 Å². The van der Waals surface area contributed by atoms with Crippen LogP contribution in [0.4, 0.5) is 0 Å². The Morgan fingerprint density at radius 3 is 2.54 bits per heavy atom. The Kier molecular flexibility index (Phi) is 6.65. The molecule has 0 unspecified atom stereocenters. The molecule has 6 heteroatoms. The van der Waals surface area contributed by atoms with Crippen LogP contribution in [0.2, 0.25) is 5.02 Å². The molecule has 3 rings (SSSR count). The van der Waals surface area contributed by atoms with Gasteiger partial charge in [-0.15, -0.1) is 0 Å². The molecule has 1 N–H and O–H groups in total. The van der Waals surface area contributed by atoms with E-state index in [1.807, 2.05) is 72.8 Å². The zero-order valence-corrected chi connectivity index (χ0v) is 15.7. The highest BCUT2D eigenvalue weighted by Crippen LogP contribution is 2.25. The van der Waals surface area contributed by atoms with Crippen LogP contribution in [0.3, 0.4) is 0 Å². The van der Waals surface area contributed by atoms with Gasteiger partial charge < -0.3 is 14.7 Å². The van der Waals surface area contributed by atoms with Crippen LogP contribution < -0.4 is 4.74 Å². The van der Waals surface area contributed by atoms with Gasteiger partial charge in [0.05, 0.1) is 6.21 Å². The molecule has 0 saturated carbocycles. The second kappa shape index (κ2) is 9.58. The first-order chi connectivity index (χ1) is 13.6. The van der Waals surface area contributed by atoms with E-state index in [-0.39, 0.29) is 0 Å². The maximum absolute atomic E-state index is 10.4. The summed E-state index contributed by atoms with van der Waals surface area (Å²) in [7, 11) is 0. The predicted octanol–water partition coefficient (Wildman–Crippen LogP) is 5.02. The molecule has 3 aromatic rings. The van der Waals surface area contributed by atoms with Gasteiger partial charge >= 0.3 is 5.97 Å². The normalized spacial score (nSPS) is 10.8. The van der Waals surface area contributed by atoms with E-state index >= 15 is 0 Å². The number of carboxylic acid groups (broad SMARTS) is 1. The molecule has 0 fully saturated rings. The van der Waals surface area contributed by atoms with Crippen molar-refractivity contribution in [1.29, 1.82) is 0 Å². The highest BCUT2D eigenvalue weighted by molar-refractivity contribution is 6.31. The Morgan fingerprint density at radius 1 is 1.00 bits per heavy atom. The van der Waals surface area contributed by atoms with Gasteiger partial charge in [-0.25, -0.2) is 4.79 Å². The van der Waals surface area contributed by atoms with Crippen LogP contribution in [0, 0.1) is 0 Å². The summed E-state index contributed by atoms with van der Waals surface area (Å²) >= 11 is 6.17. The number of hydrogen-bond donors (Lipinski definition) is 1. The SMILES string of the molecule is O=C(O)CO/N=C/c1cccc(-c2cccc(OCc3ccccc3Cl)c2)c1. The standard InChI is InChI=1S/C22H18ClNO4/c23-21-10-2-1-6-19(21)14-27-20-9-4-8-18(12-20)17-7-3-5-16(11-17)13-24-28-15-22(25)26/h1-13H,14-15H2,(H,25,26)/b24-13+. The first-order valence-electron chi connectivity index (χ1n) is 8.55. The number of halogens is 1. The van der Waals surface area contributed by atoms with Gasteiger partial charge in [-0.2, -0.15) is 0 Å². The summed E-state index contributed by atoms with van der Waals surface area (Å²) < 4.78 is 5.88. The van der Waals surface area contributed by atoms with E-state index in [9.17, 15) is 4.79 Å². The predicted molar refractivity (Wildman–Crippen MR) is 109 cm³/mol. The molecule has 5 nitrogen and oxygen atoms in total. The molecule has 28 heavy (non-hydrogen) atoms. The maximum atomic E-state index is 10.4. The number of benzene rings is 3. The molecule has 0 radical (unpaired) electrons. The second-order valence-corrected chi connectivity index (χ2v) is 6.34. The molecule has 0 bridgehead atoms. The zero-order chi connectivity index (χ0) is 19.8. The smallest absolute Gasteiger partial charge is 0.344 e. The Hall–Kier alpha value is -3.31. The first kappa shape index (κ1) is 19.5. The van der Waals surface area contributed by atoms with Gasteiger partial charge in [-0.1, -0.05) is 65.3 Å². The summed E-state index contributed by atoms with van der Waals surface area (Å²) in [6.07, 6.45) is 1.48. The van der Waals surface area contributed by atoms with Crippen molar-refractivity contribution < 1.29 is 19.5 Å².